The van der Waals surface area contributed by atoms with Crippen LogP contribution in [0.2, 0.25) is 0 Å². The Labute approximate surface area is 176 Å². The molecule has 0 aliphatic carbocycles. The maximum absolute atomic E-state index is 12.3. The fraction of sp³-hybridized carbons (Fsp3) is 0.522. The summed E-state index contributed by atoms with van der Waals surface area (Å²) in [5, 5.41) is 11.2. The number of methoxy groups -OCH3 is 2. The Hall–Kier alpha value is -2.85. The van der Waals surface area contributed by atoms with Crippen molar-refractivity contribution in [2.24, 2.45) is 17.8 Å². The van der Waals surface area contributed by atoms with Crippen LogP contribution in [-0.4, -0.2) is 55.2 Å². The number of piperidine rings is 1. The van der Waals surface area contributed by atoms with Crippen LogP contribution in [0, 0.1) is 29.1 Å². The van der Waals surface area contributed by atoms with Gasteiger partial charge < -0.3 is 14.5 Å². The number of benzene rings is 1. The summed E-state index contributed by atoms with van der Waals surface area (Å²) in [5.41, 5.74) is 2.33. The topological polar surface area (TPSA) is 95.4 Å². The Balaban J connectivity index is 1.77. The SMILES string of the molecule is CC[C@H]1[C@H](C(C(=O)OC)C(=O)OC)CCN(CCc2c[nH]c3ccccc23)[C@H]1C#N. The lowest BCUT2D eigenvalue weighted by molar-refractivity contribution is -0.164. The number of nitriles is 1. The predicted molar refractivity (Wildman–Crippen MR) is 112 cm³/mol. The van der Waals surface area contributed by atoms with Crippen molar-refractivity contribution in [1.82, 2.24) is 9.88 Å². The predicted octanol–water partition coefficient (Wildman–Crippen LogP) is 2.91. The molecule has 7 heteroatoms. The maximum Gasteiger partial charge on any atom is 0.320 e. The number of aromatic amines is 1. The summed E-state index contributed by atoms with van der Waals surface area (Å²) in [5.74, 6) is -2.56. The molecule has 3 rings (SSSR count). The number of esters is 2. The van der Waals surface area contributed by atoms with E-state index >= 15 is 0 Å². The second-order valence-electron chi connectivity index (χ2n) is 7.77. The summed E-state index contributed by atoms with van der Waals surface area (Å²) in [6, 6.07) is 10.2. The molecule has 1 aliphatic heterocycles. The van der Waals surface area contributed by atoms with Crippen LogP contribution >= 0.6 is 0 Å². The van der Waals surface area contributed by atoms with E-state index in [-0.39, 0.29) is 17.9 Å². The average Bonchev–Trinajstić information content (AvgIpc) is 3.20. The third kappa shape index (κ3) is 4.19. The first kappa shape index (κ1) is 21.8. The lowest BCUT2D eigenvalue weighted by Gasteiger charge is -2.43. The smallest absolute Gasteiger partial charge is 0.320 e. The molecule has 0 spiro atoms. The number of nitrogens with zero attached hydrogens (tertiary/aromatic N) is 2. The van der Waals surface area contributed by atoms with E-state index in [2.05, 4.69) is 28.1 Å². The van der Waals surface area contributed by atoms with Gasteiger partial charge in [0.2, 0.25) is 0 Å². The number of likely N-dealkylation sites (tertiary alicyclic amines) is 1. The van der Waals surface area contributed by atoms with Gasteiger partial charge >= 0.3 is 11.9 Å². The summed E-state index contributed by atoms with van der Waals surface area (Å²) < 4.78 is 9.75. The van der Waals surface area contributed by atoms with Crippen molar-refractivity contribution in [2.45, 2.75) is 32.2 Å². The van der Waals surface area contributed by atoms with E-state index < -0.39 is 17.9 Å². The highest BCUT2D eigenvalue weighted by Gasteiger charge is 2.46. The van der Waals surface area contributed by atoms with E-state index in [9.17, 15) is 14.9 Å². The van der Waals surface area contributed by atoms with Crippen molar-refractivity contribution < 1.29 is 19.1 Å². The number of ether oxygens (including phenoxy) is 2. The molecule has 30 heavy (non-hydrogen) atoms. The molecule has 2 heterocycles. The number of nitrogens with one attached hydrogen (secondary N) is 1. The van der Waals surface area contributed by atoms with Crippen LogP contribution in [0.4, 0.5) is 0 Å². The maximum atomic E-state index is 12.3. The van der Waals surface area contributed by atoms with E-state index in [1.165, 1.54) is 25.2 Å². The molecule has 1 aromatic heterocycles. The molecule has 1 N–H and O–H groups in total. The van der Waals surface area contributed by atoms with Crippen molar-refractivity contribution in [2.75, 3.05) is 27.3 Å². The molecule has 2 aromatic rings. The Kier molecular flexibility index (Phi) is 7.11. The molecule has 1 aliphatic rings. The Morgan fingerprint density at radius 2 is 1.97 bits per heavy atom. The highest BCUT2D eigenvalue weighted by Crippen LogP contribution is 2.37. The number of H-pyrrole nitrogens is 1. The summed E-state index contributed by atoms with van der Waals surface area (Å²) >= 11 is 0. The van der Waals surface area contributed by atoms with Crippen LogP contribution in [0.25, 0.3) is 10.9 Å². The van der Waals surface area contributed by atoms with Gasteiger partial charge in [0.05, 0.1) is 20.3 Å². The van der Waals surface area contributed by atoms with Gasteiger partial charge in [0.1, 0.15) is 6.04 Å². The normalized spacial score (nSPS) is 22.0. The molecule has 0 bridgehead atoms. The van der Waals surface area contributed by atoms with Gasteiger partial charge in [-0.25, -0.2) is 0 Å². The number of aromatic nitrogens is 1. The van der Waals surface area contributed by atoms with Gasteiger partial charge in [-0.05, 0) is 42.9 Å². The Bertz CT molecular complexity index is 916. The fourth-order valence-electron chi connectivity index (χ4n) is 4.84. The van der Waals surface area contributed by atoms with Crippen LogP contribution in [0.3, 0.4) is 0 Å². The minimum atomic E-state index is -0.989. The number of fused-ring (bicyclic) bond motifs is 1. The Morgan fingerprint density at radius 1 is 1.27 bits per heavy atom. The van der Waals surface area contributed by atoms with Crippen LogP contribution in [0.1, 0.15) is 25.3 Å². The van der Waals surface area contributed by atoms with E-state index in [0.29, 0.717) is 19.4 Å². The van der Waals surface area contributed by atoms with Gasteiger partial charge in [-0.1, -0.05) is 31.5 Å². The lowest BCUT2D eigenvalue weighted by atomic mass is 9.71. The molecule has 1 fully saturated rings. The second kappa shape index (κ2) is 9.77. The number of hydrogen-bond acceptors (Lipinski definition) is 6. The molecule has 0 saturated carbocycles. The summed E-state index contributed by atoms with van der Waals surface area (Å²) in [7, 11) is 2.55. The van der Waals surface area contributed by atoms with Gasteiger partial charge in [-0.2, -0.15) is 5.26 Å². The molecule has 160 valence electrons. The van der Waals surface area contributed by atoms with E-state index in [0.717, 1.165) is 18.5 Å². The summed E-state index contributed by atoms with van der Waals surface area (Å²) in [4.78, 5) is 30.1. The van der Waals surface area contributed by atoms with Crippen LogP contribution in [0.5, 0.6) is 0 Å². The van der Waals surface area contributed by atoms with E-state index in [4.69, 9.17) is 9.47 Å². The zero-order valence-corrected chi connectivity index (χ0v) is 17.8. The minimum Gasteiger partial charge on any atom is -0.468 e. The molecule has 0 radical (unpaired) electrons. The number of carbonyl (C=O) groups excluding carboxylic acids is 2. The minimum absolute atomic E-state index is 0.116. The first-order valence-corrected chi connectivity index (χ1v) is 10.4. The molecule has 1 saturated heterocycles. The fourth-order valence-corrected chi connectivity index (χ4v) is 4.84. The lowest BCUT2D eigenvalue weighted by Crippen LogP contribution is -2.52. The molecular weight excluding hydrogens is 382 g/mol. The summed E-state index contributed by atoms with van der Waals surface area (Å²) in [6.45, 7) is 3.38. The van der Waals surface area contributed by atoms with E-state index in [1.807, 2.05) is 25.3 Å². The van der Waals surface area contributed by atoms with Gasteiger partial charge in [-0.15, -0.1) is 0 Å². The zero-order valence-electron chi connectivity index (χ0n) is 17.8. The highest BCUT2D eigenvalue weighted by molar-refractivity contribution is 5.95. The number of carbonyl (C=O) groups is 2. The molecule has 0 amide bonds. The molecule has 0 unspecified atom stereocenters. The second-order valence-corrected chi connectivity index (χ2v) is 7.77. The third-order valence-electron chi connectivity index (χ3n) is 6.38. The van der Waals surface area contributed by atoms with E-state index in [1.54, 1.807) is 0 Å². The van der Waals surface area contributed by atoms with Gasteiger partial charge in [-0.3, -0.25) is 14.5 Å². The van der Waals surface area contributed by atoms with Gasteiger partial charge in [0, 0.05) is 23.6 Å². The van der Waals surface area contributed by atoms with Gasteiger partial charge in [0.25, 0.3) is 0 Å². The van der Waals surface area contributed by atoms with Crippen molar-refractivity contribution in [3.63, 3.8) is 0 Å². The number of rotatable bonds is 7. The molecule has 7 nitrogen and oxygen atoms in total. The largest absolute Gasteiger partial charge is 0.468 e. The van der Waals surface area contributed by atoms with Crippen molar-refractivity contribution >= 4 is 22.8 Å². The molecule has 1 aromatic carbocycles. The van der Waals surface area contributed by atoms with Crippen molar-refractivity contribution in [1.29, 1.82) is 5.26 Å². The standard InChI is InChI=1S/C23H29N3O4/c1-4-16-18(21(22(27)29-2)23(28)30-3)10-12-26(20(16)13-24)11-9-15-14-25-19-8-6-5-7-17(15)19/h5-8,14,16,18,20-21,25H,4,9-12H2,1-3H3/t16-,18+,20-/m0/s1. The van der Waals surface area contributed by atoms with Crippen LogP contribution in [0.15, 0.2) is 30.5 Å². The Morgan fingerprint density at radius 3 is 2.60 bits per heavy atom. The highest BCUT2D eigenvalue weighted by atomic mass is 16.5. The average molecular weight is 412 g/mol. The first-order valence-electron chi connectivity index (χ1n) is 10.4. The van der Waals surface area contributed by atoms with Gasteiger partial charge in [0.15, 0.2) is 5.92 Å². The monoisotopic (exact) mass is 411 g/mol. The van der Waals surface area contributed by atoms with Crippen LogP contribution < -0.4 is 0 Å². The number of hydrogen-bond donors (Lipinski definition) is 1. The number of para-hydroxylation sites is 1. The first-order chi connectivity index (χ1) is 14.5. The quantitative estimate of drug-likeness (QED) is 0.556. The van der Waals surface area contributed by atoms with Crippen molar-refractivity contribution in [3.8, 4) is 6.07 Å². The molecular formula is C23H29N3O4. The zero-order chi connectivity index (χ0) is 21.7. The van der Waals surface area contributed by atoms with Crippen LogP contribution in [-0.2, 0) is 25.5 Å². The molecule has 3 atom stereocenters. The third-order valence-corrected chi connectivity index (χ3v) is 6.38. The summed E-state index contributed by atoms with van der Waals surface area (Å²) in [6.07, 6.45) is 4.18. The van der Waals surface area contributed by atoms with Crippen molar-refractivity contribution in [3.05, 3.63) is 36.0 Å².